The highest BCUT2D eigenvalue weighted by atomic mass is 35.5. The average molecular weight is 343 g/mol. The number of halogens is 1. The van der Waals surface area contributed by atoms with Crippen molar-refractivity contribution in [2.24, 2.45) is 0 Å². The minimum absolute atomic E-state index is 0.0835. The molecule has 0 fully saturated rings. The van der Waals surface area contributed by atoms with Crippen LogP contribution in [0.4, 0.5) is 5.69 Å². The molecule has 2 rings (SSSR count). The van der Waals surface area contributed by atoms with E-state index in [1.807, 2.05) is 0 Å². The molecular weight excluding hydrogens is 328 g/mol. The van der Waals surface area contributed by atoms with E-state index in [0.29, 0.717) is 0 Å². The predicted octanol–water partition coefficient (Wildman–Crippen LogP) is 2.07. The number of carbonyl (C=O) groups is 1. The van der Waals surface area contributed by atoms with E-state index in [2.05, 4.69) is 0 Å². The highest BCUT2D eigenvalue weighted by molar-refractivity contribution is 7.90. The topological polar surface area (TPSA) is 91.4 Å². The maximum atomic E-state index is 12.7. The van der Waals surface area contributed by atoms with Gasteiger partial charge >= 0.3 is 5.97 Å². The zero-order chi connectivity index (χ0) is 16.3. The summed E-state index contributed by atoms with van der Waals surface area (Å²) >= 11 is 5.85. The molecule has 8 heteroatoms. The first-order valence-electron chi connectivity index (χ1n) is 6.48. The number of hydrogen-bond acceptors (Lipinski definition) is 5. The fraction of sp³-hybridized carbons (Fsp3) is 0.214. The molecule has 0 atom stereocenters. The average Bonchev–Trinajstić information content (AvgIpc) is 2.90. The lowest BCUT2D eigenvalue weighted by atomic mass is 10.3. The Bertz CT molecular complexity index is 799. The number of esters is 1. The molecule has 6 nitrogen and oxygen atoms in total. The van der Waals surface area contributed by atoms with Gasteiger partial charge in [0, 0.05) is 16.9 Å². The highest BCUT2D eigenvalue weighted by Crippen LogP contribution is 2.26. The van der Waals surface area contributed by atoms with Gasteiger partial charge in [-0.15, -0.1) is 0 Å². The van der Waals surface area contributed by atoms with Crippen LogP contribution in [0.3, 0.4) is 0 Å². The van der Waals surface area contributed by atoms with Gasteiger partial charge in [-0.05, 0) is 37.3 Å². The fourth-order valence-corrected chi connectivity index (χ4v) is 3.73. The van der Waals surface area contributed by atoms with E-state index in [9.17, 15) is 13.2 Å². The molecule has 0 bridgehead atoms. The van der Waals surface area contributed by atoms with Crippen LogP contribution in [-0.4, -0.2) is 25.0 Å². The van der Waals surface area contributed by atoms with E-state index in [1.54, 1.807) is 6.92 Å². The molecule has 0 aliphatic heterocycles. The van der Waals surface area contributed by atoms with Crippen LogP contribution in [0.1, 0.15) is 12.6 Å². The Balaban J connectivity index is 2.45. The summed E-state index contributed by atoms with van der Waals surface area (Å²) in [7, 11) is -3.94. The van der Waals surface area contributed by atoms with Crippen LogP contribution in [0.2, 0.25) is 5.02 Å². The van der Waals surface area contributed by atoms with E-state index in [-0.39, 0.29) is 34.3 Å². The van der Waals surface area contributed by atoms with Crippen molar-refractivity contribution in [1.82, 2.24) is 3.97 Å². The Hall–Kier alpha value is -1.99. The number of benzene rings is 1. The highest BCUT2D eigenvalue weighted by Gasteiger charge is 2.23. The second kappa shape index (κ2) is 6.41. The number of nitrogens with two attached hydrogens (primary N) is 1. The molecule has 1 aromatic heterocycles. The van der Waals surface area contributed by atoms with Gasteiger partial charge in [0.15, 0.2) is 0 Å². The molecule has 0 amide bonds. The molecule has 0 saturated heterocycles. The molecule has 0 spiro atoms. The maximum Gasteiger partial charge on any atom is 0.311 e. The van der Waals surface area contributed by atoms with Crippen molar-refractivity contribution in [3.8, 4) is 0 Å². The van der Waals surface area contributed by atoms with Crippen LogP contribution in [0.15, 0.2) is 41.4 Å². The summed E-state index contributed by atoms with van der Waals surface area (Å²) < 4.78 is 31.2. The Labute approximate surface area is 133 Å². The van der Waals surface area contributed by atoms with E-state index < -0.39 is 16.0 Å². The normalized spacial score (nSPS) is 11.4. The monoisotopic (exact) mass is 342 g/mol. The summed E-state index contributed by atoms with van der Waals surface area (Å²) in [5.74, 6) is -0.503. The Kier molecular flexibility index (Phi) is 4.77. The first-order chi connectivity index (χ1) is 10.4. The van der Waals surface area contributed by atoms with Crippen molar-refractivity contribution in [2.75, 3.05) is 12.3 Å². The number of ether oxygens (including phenoxy) is 1. The quantitative estimate of drug-likeness (QED) is 0.663. The third-order valence-electron chi connectivity index (χ3n) is 2.94. The number of rotatable bonds is 5. The maximum absolute atomic E-state index is 12.7. The molecule has 118 valence electrons. The van der Waals surface area contributed by atoms with Crippen LogP contribution in [-0.2, 0) is 26.0 Å². The lowest BCUT2D eigenvalue weighted by Gasteiger charge is -2.12. The van der Waals surface area contributed by atoms with Gasteiger partial charge in [0.1, 0.15) is 4.90 Å². The van der Waals surface area contributed by atoms with Crippen LogP contribution in [0.5, 0.6) is 0 Å². The first-order valence-corrected chi connectivity index (χ1v) is 8.30. The van der Waals surface area contributed by atoms with E-state index in [0.717, 1.165) is 3.97 Å². The van der Waals surface area contributed by atoms with Crippen LogP contribution < -0.4 is 5.73 Å². The lowest BCUT2D eigenvalue weighted by Crippen LogP contribution is -2.19. The van der Waals surface area contributed by atoms with Crippen molar-refractivity contribution in [2.45, 2.75) is 18.2 Å². The van der Waals surface area contributed by atoms with Gasteiger partial charge in [-0.1, -0.05) is 11.6 Å². The van der Waals surface area contributed by atoms with E-state index >= 15 is 0 Å². The molecule has 0 aliphatic rings. The summed E-state index contributed by atoms with van der Waals surface area (Å²) in [6.07, 6.45) is 1.20. The van der Waals surface area contributed by atoms with Crippen molar-refractivity contribution >= 4 is 33.3 Å². The summed E-state index contributed by atoms with van der Waals surface area (Å²) in [5.41, 5.74) is 6.11. The Morgan fingerprint density at radius 2 is 2.09 bits per heavy atom. The zero-order valence-corrected chi connectivity index (χ0v) is 13.4. The number of aromatic nitrogens is 1. The lowest BCUT2D eigenvalue weighted by molar-refractivity contribution is -0.142. The summed E-state index contributed by atoms with van der Waals surface area (Å²) in [6, 6.07) is 7.28. The van der Waals surface area contributed by atoms with Crippen molar-refractivity contribution in [3.05, 3.63) is 47.2 Å². The molecule has 0 unspecified atom stereocenters. The largest absolute Gasteiger partial charge is 0.466 e. The van der Waals surface area contributed by atoms with Gasteiger partial charge in [0.05, 0.1) is 18.7 Å². The summed E-state index contributed by atoms with van der Waals surface area (Å²) in [6.45, 7) is 1.91. The standard InChI is InChI=1S/C14H15ClN2O4S/c1-2-21-14(18)9-11-4-3-7-17(11)22(19,20)13-8-10(15)5-6-12(13)16/h3-8H,2,9,16H2,1H3. The molecule has 22 heavy (non-hydrogen) atoms. The molecule has 1 heterocycles. The second-order valence-corrected chi connectivity index (χ2v) is 6.68. The number of nitrogens with zero attached hydrogens (tertiary/aromatic N) is 1. The smallest absolute Gasteiger partial charge is 0.311 e. The van der Waals surface area contributed by atoms with E-state index in [4.69, 9.17) is 22.1 Å². The first kappa shape index (κ1) is 16.4. The van der Waals surface area contributed by atoms with Crippen molar-refractivity contribution < 1.29 is 17.9 Å². The minimum atomic E-state index is -3.94. The predicted molar refractivity (Wildman–Crippen MR) is 83.2 cm³/mol. The van der Waals surface area contributed by atoms with Crippen molar-refractivity contribution in [3.63, 3.8) is 0 Å². The summed E-state index contributed by atoms with van der Waals surface area (Å²) in [4.78, 5) is 11.5. The van der Waals surface area contributed by atoms with Gasteiger partial charge in [-0.25, -0.2) is 12.4 Å². The number of carbonyl (C=O) groups excluding carboxylic acids is 1. The SMILES string of the molecule is CCOC(=O)Cc1cccn1S(=O)(=O)c1cc(Cl)ccc1N. The van der Waals surface area contributed by atoms with Gasteiger partial charge in [0.2, 0.25) is 0 Å². The molecule has 0 saturated carbocycles. The fourth-order valence-electron chi connectivity index (χ4n) is 1.97. The van der Waals surface area contributed by atoms with Crippen LogP contribution in [0, 0.1) is 0 Å². The third kappa shape index (κ3) is 3.26. The zero-order valence-electron chi connectivity index (χ0n) is 11.8. The molecule has 0 aliphatic carbocycles. The summed E-state index contributed by atoms with van der Waals surface area (Å²) in [5, 5.41) is 0.256. The minimum Gasteiger partial charge on any atom is -0.466 e. The molecule has 2 N–H and O–H groups in total. The van der Waals surface area contributed by atoms with Gasteiger partial charge in [-0.3, -0.25) is 4.79 Å². The van der Waals surface area contributed by atoms with Gasteiger partial charge in [-0.2, -0.15) is 0 Å². The van der Waals surface area contributed by atoms with Crippen molar-refractivity contribution in [1.29, 1.82) is 0 Å². The number of hydrogen-bond donors (Lipinski definition) is 1. The number of anilines is 1. The number of nitrogen functional groups attached to an aromatic ring is 1. The molecule has 0 radical (unpaired) electrons. The third-order valence-corrected chi connectivity index (χ3v) is 4.95. The Morgan fingerprint density at radius 3 is 2.77 bits per heavy atom. The second-order valence-electron chi connectivity index (χ2n) is 4.46. The van der Waals surface area contributed by atoms with Crippen LogP contribution >= 0.6 is 11.6 Å². The Morgan fingerprint density at radius 1 is 1.36 bits per heavy atom. The molecular formula is C14H15ClN2O4S. The van der Waals surface area contributed by atoms with Gasteiger partial charge < -0.3 is 10.5 Å². The van der Waals surface area contributed by atoms with Gasteiger partial charge in [0.25, 0.3) is 10.0 Å². The molecule has 1 aromatic carbocycles. The van der Waals surface area contributed by atoms with Crippen LogP contribution in [0.25, 0.3) is 0 Å². The van der Waals surface area contributed by atoms with E-state index in [1.165, 1.54) is 36.5 Å². The molecule has 2 aromatic rings.